The Balaban J connectivity index is 1.52. The van der Waals surface area contributed by atoms with Crippen molar-refractivity contribution in [2.24, 2.45) is 0 Å². The number of hydrogen-bond acceptors (Lipinski definition) is 2. The van der Waals surface area contributed by atoms with Gasteiger partial charge >= 0.3 is 0 Å². The van der Waals surface area contributed by atoms with Gasteiger partial charge < -0.3 is 5.43 Å². The van der Waals surface area contributed by atoms with E-state index in [0.29, 0.717) is 0 Å². The van der Waals surface area contributed by atoms with Gasteiger partial charge in [-0.2, -0.15) is 0 Å². The fourth-order valence-electron chi connectivity index (χ4n) is 3.44. The maximum atomic E-state index is 13.2. The summed E-state index contributed by atoms with van der Waals surface area (Å²) in [5.41, 5.74) is 12.3. The molecular weight excluding hydrogens is 346 g/mol. The van der Waals surface area contributed by atoms with Crippen molar-refractivity contribution in [2.45, 2.75) is 6.04 Å². The fraction of sp³-hybridized carbons (Fsp3) is 0.0476. The standard InChI is InChI=1S/C21H16F2N4/c22-15-4-1-13(2-5-15)21-18(12-24-25-21)14-3-10-19-20(11-14)27(26-19)17-8-6-16(23)7-9-17/h1-12,21,24-26H. The highest BCUT2D eigenvalue weighted by molar-refractivity contribution is 5.85. The highest BCUT2D eigenvalue weighted by Gasteiger charge is 2.23. The van der Waals surface area contributed by atoms with E-state index in [4.69, 9.17) is 0 Å². The number of fused-ring (bicyclic) bond motifs is 1. The number of nitrogens with one attached hydrogen (secondary N) is 3. The molecule has 1 aromatic heterocycles. The van der Waals surface area contributed by atoms with Crippen LogP contribution in [-0.4, -0.2) is 9.78 Å². The third-order valence-corrected chi connectivity index (χ3v) is 4.86. The van der Waals surface area contributed by atoms with Gasteiger partial charge in [-0.25, -0.2) is 14.2 Å². The molecule has 1 aliphatic heterocycles. The Bertz CT molecular complexity index is 1140. The molecule has 1 unspecified atom stereocenters. The van der Waals surface area contributed by atoms with Crippen LogP contribution >= 0.6 is 0 Å². The van der Waals surface area contributed by atoms with Crippen LogP contribution in [0.15, 0.2) is 72.9 Å². The predicted octanol–water partition coefficient (Wildman–Crippen LogP) is 4.43. The smallest absolute Gasteiger partial charge is 0.123 e. The Morgan fingerprint density at radius 3 is 2.26 bits per heavy atom. The molecule has 0 radical (unpaired) electrons. The van der Waals surface area contributed by atoms with Gasteiger partial charge in [-0.3, -0.25) is 9.78 Å². The number of hydrazine groups is 1. The highest BCUT2D eigenvalue weighted by Crippen LogP contribution is 2.34. The summed E-state index contributed by atoms with van der Waals surface area (Å²) in [5, 5.41) is 3.24. The third-order valence-electron chi connectivity index (χ3n) is 4.86. The summed E-state index contributed by atoms with van der Waals surface area (Å²) in [7, 11) is 0. The average molecular weight is 362 g/mol. The summed E-state index contributed by atoms with van der Waals surface area (Å²) in [6, 6.07) is 18.9. The Morgan fingerprint density at radius 1 is 0.815 bits per heavy atom. The molecule has 3 aromatic carbocycles. The van der Waals surface area contributed by atoms with Crippen LogP contribution in [0.2, 0.25) is 0 Å². The van der Waals surface area contributed by atoms with Crippen molar-refractivity contribution in [1.29, 1.82) is 0 Å². The molecule has 0 bridgehead atoms. The zero-order valence-corrected chi connectivity index (χ0v) is 14.2. The van der Waals surface area contributed by atoms with E-state index in [-0.39, 0.29) is 17.7 Å². The second-order valence-corrected chi connectivity index (χ2v) is 6.53. The molecule has 0 spiro atoms. The van der Waals surface area contributed by atoms with Crippen LogP contribution in [0.4, 0.5) is 8.78 Å². The van der Waals surface area contributed by atoms with E-state index < -0.39 is 0 Å². The monoisotopic (exact) mass is 362 g/mol. The van der Waals surface area contributed by atoms with Crippen molar-refractivity contribution in [3.63, 3.8) is 0 Å². The molecule has 0 saturated carbocycles. The first kappa shape index (κ1) is 15.8. The molecule has 3 N–H and O–H groups in total. The minimum absolute atomic E-state index is 0.0732. The van der Waals surface area contributed by atoms with Gasteiger partial charge in [-0.15, -0.1) is 0 Å². The van der Waals surface area contributed by atoms with Gasteiger partial charge in [0.05, 0.1) is 22.8 Å². The van der Waals surface area contributed by atoms with Crippen molar-refractivity contribution in [2.75, 3.05) is 0 Å². The fourth-order valence-corrected chi connectivity index (χ4v) is 3.44. The zero-order chi connectivity index (χ0) is 18.4. The van der Waals surface area contributed by atoms with E-state index >= 15 is 0 Å². The Hall–Kier alpha value is -3.38. The third kappa shape index (κ3) is 2.71. The number of H-pyrrole nitrogens is 1. The first-order valence-electron chi connectivity index (χ1n) is 8.62. The van der Waals surface area contributed by atoms with Crippen LogP contribution < -0.4 is 10.9 Å². The zero-order valence-electron chi connectivity index (χ0n) is 14.2. The molecule has 0 aliphatic carbocycles. The van der Waals surface area contributed by atoms with Gasteiger partial charge in [0.2, 0.25) is 0 Å². The normalized spacial score (nSPS) is 16.5. The van der Waals surface area contributed by atoms with E-state index in [0.717, 1.165) is 33.4 Å². The molecule has 27 heavy (non-hydrogen) atoms. The van der Waals surface area contributed by atoms with Gasteiger partial charge in [0.15, 0.2) is 0 Å². The van der Waals surface area contributed by atoms with Crippen LogP contribution in [-0.2, 0) is 0 Å². The van der Waals surface area contributed by atoms with Crippen molar-refractivity contribution in [1.82, 2.24) is 20.6 Å². The summed E-state index contributed by atoms with van der Waals surface area (Å²) in [5.74, 6) is -0.513. The van der Waals surface area contributed by atoms with E-state index in [2.05, 4.69) is 22.0 Å². The van der Waals surface area contributed by atoms with Crippen LogP contribution in [0.3, 0.4) is 0 Å². The highest BCUT2D eigenvalue weighted by atomic mass is 19.1. The molecule has 2 heterocycles. The number of benzene rings is 3. The summed E-state index contributed by atoms with van der Waals surface area (Å²) in [6.45, 7) is 0. The molecule has 4 aromatic rings. The van der Waals surface area contributed by atoms with E-state index in [9.17, 15) is 8.78 Å². The molecule has 4 nitrogen and oxygen atoms in total. The SMILES string of the molecule is Fc1ccc(C2NNC=C2c2ccc3[nH]n(-c4ccc(F)cc4)c3c2)cc1. The van der Waals surface area contributed by atoms with Gasteiger partial charge in [0.25, 0.3) is 0 Å². The first-order chi connectivity index (χ1) is 13.2. The summed E-state index contributed by atoms with van der Waals surface area (Å²) in [6.07, 6.45) is 1.92. The molecule has 0 amide bonds. The van der Waals surface area contributed by atoms with Crippen molar-refractivity contribution in [3.05, 3.63) is 95.7 Å². The van der Waals surface area contributed by atoms with Crippen molar-refractivity contribution in [3.8, 4) is 5.69 Å². The summed E-state index contributed by atoms with van der Waals surface area (Å²) in [4.78, 5) is 0. The van der Waals surface area contributed by atoms with Crippen molar-refractivity contribution >= 4 is 16.6 Å². The molecule has 0 fully saturated rings. The minimum Gasteiger partial charge on any atom is -0.328 e. The lowest BCUT2D eigenvalue weighted by molar-refractivity contribution is 0.607. The maximum absolute atomic E-state index is 13.2. The molecule has 1 atom stereocenters. The molecule has 1 aliphatic rings. The van der Waals surface area contributed by atoms with Gasteiger partial charge in [0, 0.05) is 6.20 Å². The van der Waals surface area contributed by atoms with Gasteiger partial charge in [-0.1, -0.05) is 18.2 Å². The van der Waals surface area contributed by atoms with Crippen LogP contribution in [0.5, 0.6) is 0 Å². The Morgan fingerprint density at radius 2 is 1.52 bits per heavy atom. The number of nitrogens with zero attached hydrogens (tertiary/aromatic N) is 1. The largest absolute Gasteiger partial charge is 0.328 e. The van der Waals surface area contributed by atoms with Crippen LogP contribution in [0.1, 0.15) is 17.2 Å². The number of halogens is 2. The van der Waals surface area contributed by atoms with Crippen molar-refractivity contribution < 1.29 is 8.78 Å². The lowest BCUT2D eigenvalue weighted by atomic mass is 9.94. The summed E-state index contributed by atoms with van der Waals surface area (Å²) < 4.78 is 28.3. The van der Waals surface area contributed by atoms with Crippen LogP contribution in [0, 0.1) is 11.6 Å². The van der Waals surface area contributed by atoms with Gasteiger partial charge in [0.1, 0.15) is 11.6 Å². The average Bonchev–Trinajstić information content (AvgIpc) is 3.15. The first-order valence-corrected chi connectivity index (χ1v) is 8.62. The Labute approximate surface area is 154 Å². The summed E-state index contributed by atoms with van der Waals surface area (Å²) >= 11 is 0. The quantitative estimate of drug-likeness (QED) is 0.505. The number of rotatable bonds is 3. The topological polar surface area (TPSA) is 44.8 Å². The lowest BCUT2D eigenvalue weighted by Gasteiger charge is -2.20. The molecule has 134 valence electrons. The lowest BCUT2D eigenvalue weighted by Crippen LogP contribution is -2.25. The minimum atomic E-state index is -0.261. The van der Waals surface area contributed by atoms with Crippen LogP contribution in [0.25, 0.3) is 22.3 Å². The molecule has 0 saturated heterocycles. The molecule has 6 heteroatoms. The number of aromatic amines is 1. The second-order valence-electron chi connectivity index (χ2n) is 6.53. The second kappa shape index (κ2) is 6.10. The molecule has 5 rings (SSSR count). The maximum Gasteiger partial charge on any atom is 0.123 e. The van der Waals surface area contributed by atoms with E-state index in [1.54, 1.807) is 24.3 Å². The number of aromatic nitrogens is 2. The van der Waals surface area contributed by atoms with E-state index in [1.807, 2.05) is 23.0 Å². The number of hydrogen-bond donors (Lipinski definition) is 3. The van der Waals surface area contributed by atoms with E-state index in [1.165, 1.54) is 24.3 Å². The predicted molar refractivity (Wildman–Crippen MR) is 101 cm³/mol. The Kier molecular flexibility index (Phi) is 3.58. The van der Waals surface area contributed by atoms with Gasteiger partial charge in [-0.05, 0) is 65.2 Å². The molecular formula is C21H16F2N4.